The van der Waals surface area contributed by atoms with Crippen LogP contribution < -0.4 is 0 Å². The second-order valence-corrected chi connectivity index (χ2v) is 14.0. The molecular formula is C41H60O2S. The number of hydrogen-bond acceptors (Lipinski definition) is 3. The van der Waals surface area contributed by atoms with Crippen molar-refractivity contribution in [3.05, 3.63) is 108 Å². The standard InChI is InChI=1S/C41H60O2S/c1-3-4-5-6-7-8-9-10-11-12-13-14-15-16-17-27-34-44-36-40(2,42)35-43-41(37-28-21-18-22-29-37,38-30-23-19-24-31-38)39-32-25-20-26-33-39/h18-26,28-33,42H,3-17,27,34-36H2,1-2H3. The highest BCUT2D eigenvalue weighted by Crippen LogP contribution is 2.41. The number of aliphatic hydroxyl groups is 1. The molecule has 3 aromatic carbocycles. The minimum Gasteiger partial charge on any atom is -0.387 e. The average Bonchev–Trinajstić information content (AvgIpc) is 3.06. The predicted octanol–water partition coefficient (Wildman–Crippen LogP) is 11.7. The highest BCUT2D eigenvalue weighted by Gasteiger charge is 2.39. The normalized spacial score (nSPS) is 13.2. The third kappa shape index (κ3) is 13.1. The molecule has 0 heterocycles. The molecule has 0 bridgehead atoms. The van der Waals surface area contributed by atoms with Crippen LogP contribution in [0.1, 0.15) is 133 Å². The van der Waals surface area contributed by atoms with Gasteiger partial charge in [-0.2, -0.15) is 11.8 Å². The number of rotatable bonds is 25. The first-order chi connectivity index (χ1) is 21.6. The minimum atomic E-state index is -0.927. The summed E-state index contributed by atoms with van der Waals surface area (Å²) < 4.78 is 6.88. The van der Waals surface area contributed by atoms with Crippen LogP contribution >= 0.6 is 11.8 Å². The van der Waals surface area contributed by atoms with Gasteiger partial charge >= 0.3 is 0 Å². The molecule has 0 amide bonds. The first-order valence-corrected chi connectivity index (χ1v) is 18.8. The Morgan fingerprint density at radius 1 is 0.523 bits per heavy atom. The van der Waals surface area contributed by atoms with Gasteiger partial charge in [0.05, 0.1) is 12.2 Å². The summed E-state index contributed by atoms with van der Waals surface area (Å²) in [7, 11) is 0. The number of thioether (sulfide) groups is 1. The number of hydrogen-bond donors (Lipinski definition) is 1. The highest BCUT2D eigenvalue weighted by molar-refractivity contribution is 7.99. The van der Waals surface area contributed by atoms with Crippen LogP contribution in [0.5, 0.6) is 0 Å². The van der Waals surface area contributed by atoms with E-state index >= 15 is 0 Å². The Labute approximate surface area is 274 Å². The van der Waals surface area contributed by atoms with Crippen LogP contribution in [0.15, 0.2) is 91.0 Å². The number of unbranched alkanes of at least 4 members (excludes halogenated alkanes) is 15. The predicted molar refractivity (Wildman–Crippen MR) is 193 cm³/mol. The lowest BCUT2D eigenvalue weighted by atomic mass is 9.80. The fraction of sp³-hybridized carbons (Fsp3) is 0.561. The zero-order valence-electron chi connectivity index (χ0n) is 27.9. The van der Waals surface area contributed by atoms with Gasteiger partial charge in [-0.25, -0.2) is 0 Å². The van der Waals surface area contributed by atoms with Crippen LogP contribution in [0.25, 0.3) is 0 Å². The van der Waals surface area contributed by atoms with Crippen molar-refractivity contribution in [2.24, 2.45) is 0 Å². The largest absolute Gasteiger partial charge is 0.387 e. The zero-order valence-corrected chi connectivity index (χ0v) is 28.7. The van der Waals surface area contributed by atoms with Crippen molar-refractivity contribution in [3.63, 3.8) is 0 Å². The molecule has 3 heteroatoms. The summed E-state index contributed by atoms with van der Waals surface area (Å²) in [6.45, 7) is 4.46. The topological polar surface area (TPSA) is 29.5 Å². The van der Waals surface area contributed by atoms with E-state index < -0.39 is 11.2 Å². The Morgan fingerprint density at radius 2 is 0.864 bits per heavy atom. The molecular weight excluding hydrogens is 557 g/mol. The van der Waals surface area contributed by atoms with Crippen LogP contribution in [0.2, 0.25) is 0 Å². The Bertz CT molecular complexity index is 987. The van der Waals surface area contributed by atoms with Crippen molar-refractivity contribution in [2.75, 3.05) is 18.1 Å². The fourth-order valence-corrected chi connectivity index (χ4v) is 7.19. The van der Waals surface area contributed by atoms with Crippen molar-refractivity contribution in [3.8, 4) is 0 Å². The van der Waals surface area contributed by atoms with E-state index in [0.29, 0.717) is 5.75 Å². The van der Waals surface area contributed by atoms with Crippen molar-refractivity contribution in [1.82, 2.24) is 0 Å². The van der Waals surface area contributed by atoms with E-state index in [0.717, 1.165) is 22.4 Å². The lowest BCUT2D eigenvalue weighted by Gasteiger charge is -2.38. The van der Waals surface area contributed by atoms with Gasteiger partial charge in [0, 0.05) is 5.75 Å². The molecule has 0 saturated heterocycles. The van der Waals surface area contributed by atoms with Crippen molar-refractivity contribution >= 4 is 11.8 Å². The van der Waals surface area contributed by atoms with E-state index in [1.165, 1.54) is 103 Å². The van der Waals surface area contributed by atoms with Gasteiger partial charge < -0.3 is 9.84 Å². The summed E-state index contributed by atoms with van der Waals surface area (Å²) in [4.78, 5) is 0. The lowest BCUT2D eigenvalue weighted by Crippen LogP contribution is -2.41. The van der Waals surface area contributed by atoms with Crippen molar-refractivity contribution in [2.45, 2.75) is 128 Å². The molecule has 3 rings (SSSR count). The van der Waals surface area contributed by atoms with E-state index in [1.807, 2.05) is 36.9 Å². The molecule has 0 radical (unpaired) electrons. The summed E-state index contributed by atoms with van der Waals surface area (Å²) in [5.41, 5.74) is 1.47. The molecule has 0 saturated carbocycles. The van der Waals surface area contributed by atoms with Gasteiger partial charge in [-0.05, 0) is 35.8 Å². The second-order valence-electron chi connectivity index (χ2n) is 12.9. The van der Waals surface area contributed by atoms with Gasteiger partial charge in [0.1, 0.15) is 5.60 Å². The third-order valence-corrected chi connectivity index (χ3v) is 10.1. The summed E-state index contributed by atoms with van der Waals surface area (Å²) in [6.07, 6.45) is 22.3. The maximum atomic E-state index is 11.4. The average molecular weight is 617 g/mol. The van der Waals surface area contributed by atoms with Crippen LogP contribution in [0, 0.1) is 0 Å². The molecule has 0 aliphatic rings. The van der Waals surface area contributed by atoms with Gasteiger partial charge in [-0.15, -0.1) is 0 Å². The van der Waals surface area contributed by atoms with Gasteiger partial charge in [-0.1, -0.05) is 194 Å². The number of ether oxygens (including phenoxy) is 1. The van der Waals surface area contributed by atoms with E-state index in [1.54, 1.807) is 0 Å². The summed E-state index contributed by atoms with van der Waals surface area (Å²) in [6, 6.07) is 31.2. The monoisotopic (exact) mass is 616 g/mol. The smallest absolute Gasteiger partial charge is 0.143 e. The molecule has 242 valence electrons. The van der Waals surface area contributed by atoms with Crippen molar-refractivity contribution in [1.29, 1.82) is 0 Å². The molecule has 0 aliphatic carbocycles. The first-order valence-electron chi connectivity index (χ1n) is 17.7. The van der Waals surface area contributed by atoms with Gasteiger partial charge in [0.15, 0.2) is 0 Å². The minimum absolute atomic E-state index is 0.248. The van der Waals surface area contributed by atoms with E-state index in [2.05, 4.69) is 79.7 Å². The molecule has 1 atom stereocenters. The molecule has 0 spiro atoms. The molecule has 2 nitrogen and oxygen atoms in total. The fourth-order valence-electron chi connectivity index (χ4n) is 6.12. The quantitative estimate of drug-likeness (QED) is 0.0758. The Kier molecular flexibility index (Phi) is 17.9. The van der Waals surface area contributed by atoms with E-state index in [4.69, 9.17) is 4.74 Å². The molecule has 44 heavy (non-hydrogen) atoms. The molecule has 0 fully saturated rings. The molecule has 1 N–H and O–H groups in total. The maximum absolute atomic E-state index is 11.4. The van der Waals surface area contributed by atoms with Gasteiger partial charge in [0.25, 0.3) is 0 Å². The molecule has 3 aromatic rings. The Balaban J connectivity index is 1.34. The first kappa shape index (κ1) is 36.4. The molecule has 0 aromatic heterocycles. The molecule has 0 aliphatic heterocycles. The van der Waals surface area contributed by atoms with E-state index in [9.17, 15) is 5.11 Å². The van der Waals surface area contributed by atoms with Crippen LogP contribution in [-0.4, -0.2) is 28.8 Å². The van der Waals surface area contributed by atoms with Gasteiger partial charge in [0.2, 0.25) is 0 Å². The SMILES string of the molecule is CCCCCCCCCCCCCCCCCCSCC(C)(O)COC(c1ccccc1)(c1ccccc1)c1ccccc1. The summed E-state index contributed by atoms with van der Waals surface area (Å²) in [5.74, 6) is 1.76. The zero-order chi connectivity index (χ0) is 31.2. The Morgan fingerprint density at radius 3 is 1.23 bits per heavy atom. The van der Waals surface area contributed by atoms with Gasteiger partial charge in [-0.3, -0.25) is 0 Å². The van der Waals surface area contributed by atoms with Crippen LogP contribution in [0.4, 0.5) is 0 Å². The molecule has 1 unspecified atom stereocenters. The highest BCUT2D eigenvalue weighted by atomic mass is 32.2. The Hall–Kier alpha value is -2.07. The third-order valence-electron chi connectivity index (χ3n) is 8.70. The van der Waals surface area contributed by atoms with Crippen LogP contribution in [0.3, 0.4) is 0 Å². The summed E-state index contributed by atoms with van der Waals surface area (Å²) in [5, 5.41) is 11.4. The number of benzene rings is 3. The maximum Gasteiger partial charge on any atom is 0.143 e. The van der Waals surface area contributed by atoms with Crippen LogP contribution in [-0.2, 0) is 10.3 Å². The summed E-state index contributed by atoms with van der Waals surface area (Å²) >= 11 is 1.85. The van der Waals surface area contributed by atoms with E-state index in [-0.39, 0.29) is 6.61 Å². The lowest BCUT2D eigenvalue weighted by molar-refractivity contribution is -0.0726. The van der Waals surface area contributed by atoms with Crippen molar-refractivity contribution < 1.29 is 9.84 Å². The second kappa shape index (κ2) is 21.6.